The summed E-state index contributed by atoms with van der Waals surface area (Å²) in [6, 6.07) is 4.29. The summed E-state index contributed by atoms with van der Waals surface area (Å²) in [6.07, 6.45) is -3.25. The van der Waals surface area contributed by atoms with Crippen molar-refractivity contribution >= 4 is 23.5 Å². The van der Waals surface area contributed by atoms with Crippen LogP contribution >= 0.6 is 11.6 Å². The Labute approximate surface area is 151 Å². The third kappa shape index (κ3) is 8.34. The van der Waals surface area contributed by atoms with Crippen LogP contribution in [-0.2, 0) is 9.59 Å². The number of benzene rings is 1. The number of halogens is 5. The van der Waals surface area contributed by atoms with Crippen molar-refractivity contribution < 1.29 is 37.0 Å². The number of nitrogens with one attached hydrogen (secondary N) is 2. The first-order chi connectivity index (χ1) is 12.1. The number of carbonyl (C=O) groups is 2. The number of carbonyl (C=O) groups excluding carboxylic acids is 1. The van der Waals surface area contributed by atoms with Gasteiger partial charge in [-0.25, -0.2) is 9.18 Å². The van der Waals surface area contributed by atoms with Crippen LogP contribution in [0.2, 0.25) is 5.02 Å². The highest BCUT2D eigenvalue weighted by molar-refractivity contribution is 6.30. The summed E-state index contributed by atoms with van der Waals surface area (Å²) in [5.41, 5.74) is 0. The molecule has 0 bridgehead atoms. The monoisotopic (exact) mass is 400 g/mol. The summed E-state index contributed by atoms with van der Waals surface area (Å²) < 4.78 is 50.1. The molecular weight excluding hydrogens is 384 g/mol. The maximum absolute atomic E-state index is 13.2. The van der Waals surface area contributed by atoms with E-state index in [1.807, 2.05) is 0 Å². The van der Waals surface area contributed by atoms with E-state index in [-0.39, 0.29) is 23.6 Å². The van der Waals surface area contributed by atoms with Gasteiger partial charge in [0, 0.05) is 12.1 Å². The third-order valence-electron chi connectivity index (χ3n) is 3.21. The Balaban J connectivity index is 0.000000412. The number of carboxylic acids is 1. The number of rotatable bonds is 4. The lowest BCUT2D eigenvalue weighted by Gasteiger charge is -2.23. The summed E-state index contributed by atoms with van der Waals surface area (Å²) >= 11 is 5.56. The van der Waals surface area contributed by atoms with Crippen molar-refractivity contribution in [2.45, 2.75) is 25.1 Å². The van der Waals surface area contributed by atoms with Gasteiger partial charge in [0.25, 0.3) is 5.91 Å². The van der Waals surface area contributed by atoms with Crippen LogP contribution in [0.15, 0.2) is 18.2 Å². The zero-order valence-corrected chi connectivity index (χ0v) is 14.2. The molecule has 2 rings (SSSR count). The Morgan fingerprint density at radius 2 is 1.88 bits per heavy atom. The Morgan fingerprint density at radius 1 is 1.31 bits per heavy atom. The molecule has 1 aliphatic heterocycles. The van der Waals surface area contributed by atoms with Crippen LogP contribution in [0.4, 0.5) is 17.6 Å². The summed E-state index contributed by atoms with van der Waals surface area (Å²) in [5.74, 6) is -3.21. The number of piperidine rings is 1. The van der Waals surface area contributed by atoms with Crippen molar-refractivity contribution in [3.63, 3.8) is 0 Å². The molecule has 1 heterocycles. The highest BCUT2D eigenvalue weighted by atomic mass is 35.5. The van der Waals surface area contributed by atoms with E-state index in [0.717, 1.165) is 25.9 Å². The van der Waals surface area contributed by atoms with Crippen molar-refractivity contribution in [2.75, 3.05) is 19.7 Å². The lowest BCUT2D eigenvalue weighted by Crippen LogP contribution is -2.44. The van der Waals surface area contributed by atoms with Gasteiger partial charge >= 0.3 is 12.1 Å². The molecule has 0 aliphatic carbocycles. The molecule has 1 aromatic carbocycles. The molecule has 3 N–H and O–H groups in total. The topological polar surface area (TPSA) is 87.7 Å². The van der Waals surface area contributed by atoms with Gasteiger partial charge in [-0.05, 0) is 38.1 Å². The standard InChI is InChI=1S/C13H16ClFN2O2.C2HF3O2/c14-11-2-1-10(7-12(11)15)19-8-13(18)17-9-3-5-16-6-4-9;3-2(4,5)1(6)7/h1-2,7,9,16H,3-6,8H2,(H,17,18);(H,6,7). The SMILES string of the molecule is O=C(COc1ccc(Cl)c(F)c1)NC1CCNCC1.O=C(O)C(F)(F)F. The van der Waals surface area contributed by atoms with E-state index in [4.69, 9.17) is 26.2 Å². The van der Waals surface area contributed by atoms with Crippen LogP contribution in [0, 0.1) is 5.82 Å². The fraction of sp³-hybridized carbons (Fsp3) is 0.467. The van der Waals surface area contributed by atoms with Crippen molar-refractivity contribution in [2.24, 2.45) is 0 Å². The molecular formula is C15H17ClF4N2O4. The molecule has 0 aromatic heterocycles. The predicted octanol–water partition coefficient (Wildman–Crippen LogP) is 2.36. The normalized spacial score (nSPS) is 14.8. The molecule has 1 aromatic rings. The molecule has 1 aliphatic rings. The van der Waals surface area contributed by atoms with Gasteiger partial charge in [0.2, 0.25) is 0 Å². The number of aliphatic carboxylic acids is 1. The number of hydrogen-bond acceptors (Lipinski definition) is 4. The highest BCUT2D eigenvalue weighted by Crippen LogP contribution is 2.20. The number of alkyl halides is 3. The van der Waals surface area contributed by atoms with E-state index >= 15 is 0 Å². The molecule has 1 amide bonds. The molecule has 0 saturated carbocycles. The minimum absolute atomic E-state index is 0.0338. The summed E-state index contributed by atoms with van der Waals surface area (Å²) in [7, 11) is 0. The highest BCUT2D eigenvalue weighted by Gasteiger charge is 2.38. The number of hydrogen-bond donors (Lipinski definition) is 3. The van der Waals surface area contributed by atoms with Gasteiger partial charge in [-0.2, -0.15) is 13.2 Å². The van der Waals surface area contributed by atoms with Crippen LogP contribution in [-0.4, -0.2) is 48.9 Å². The maximum atomic E-state index is 13.2. The Bertz CT molecular complexity index is 622. The Kier molecular flexibility index (Phi) is 8.59. The van der Waals surface area contributed by atoms with Gasteiger partial charge in [-0.3, -0.25) is 4.79 Å². The smallest absolute Gasteiger partial charge is 0.484 e. The second-order valence-corrected chi connectivity index (χ2v) is 5.67. The lowest BCUT2D eigenvalue weighted by molar-refractivity contribution is -0.192. The van der Waals surface area contributed by atoms with E-state index in [9.17, 15) is 22.4 Å². The van der Waals surface area contributed by atoms with E-state index in [0.29, 0.717) is 5.75 Å². The van der Waals surface area contributed by atoms with E-state index in [2.05, 4.69) is 10.6 Å². The average molecular weight is 401 g/mol. The average Bonchev–Trinajstić information content (AvgIpc) is 2.56. The Morgan fingerprint density at radius 3 is 2.38 bits per heavy atom. The first-order valence-electron chi connectivity index (χ1n) is 7.47. The van der Waals surface area contributed by atoms with Crippen LogP contribution in [0.25, 0.3) is 0 Å². The van der Waals surface area contributed by atoms with E-state index in [1.165, 1.54) is 18.2 Å². The molecule has 26 heavy (non-hydrogen) atoms. The van der Waals surface area contributed by atoms with Gasteiger partial charge in [-0.1, -0.05) is 11.6 Å². The largest absolute Gasteiger partial charge is 0.490 e. The van der Waals surface area contributed by atoms with Crippen molar-refractivity contribution in [1.29, 1.82) is 0 Å². The Hall–Kier alpha value is -2.07. The number of amides is 1. The first kappa shape index (κ1) is 22.0. The zero-order chi connectivity index (χ0) is 19.7. The first-order valence-corrected chi connectivity index (χ1v) is 7.85. The molecule has 1 fully saturated rings. The molecule has 0 unspecified atom stereocenters. The minimum atomic E-state index is -5.08. The predicted molar refractivity (Wildman–Crippen MR) is 84.6 cm³/mol. The number of carboxylic acid groups (broad SMARTS) is 1. The van der Waals surface area contributed by atoms with Crippen LogP contribution in [0.1, 0.15) is 12.8 Å². The molecule has 0 atom stereocenters. The van der Waals surface area contributed by atoms with Gasteiger partial charge < -0.3 is 20.5 Å². The minimum Gasteiger partial charge on any atom is -0.484 e. The molecule has 11 heteroatoms. The summed E-state index contributed by atoms with van der Waals surface area (Å²) in [6.45, 7) is 1.70. The zero-order valence-electron chi connectivity index (χ0n) is 13.4. The molecule has 0 radical (unpaired) electrons. The van der Waals surface area contributed by atoms with Crippen molar-refractivity contribution in [3.05, 3.63) is 29.0 Å². The third-order valence-corrected chi connectivity index (χ3v) is 3.51. The van der Waals surface area contributed by atoms with Crippen LogP contribution in [0.3, 0.4) is 0 Å². The fourth-order valence-corrected chi connectivity index (χ4v) is 2.07. The van der Waals surface area contributed by atoms with Gasteiger partial charge in [0.15, 0.2) is 6.61 Å². The lowest BCUT2D eigenvalue weighted by atomic mass is 10.1. The quantitative estimate of drug-likeness (QED) is 0.675. The second kappa shape index (κ2) is 10.2. The van der Waals surface area contributed by atoms with Gasteiger partial charge in [-0.15, -0.1) is 0 Å². The van der Waals surface area contributed by atoms with Gasteiger partial charge in [0.1, 0.15) is 11.6 Å². The van der Waals surface area contributed by atoms with E-state index in [1.54, 1.807) is 0 Å². The summed E-state index contributed by atoms with van der Waals surface area (Å²) in [4.78, 5) is 20.6. The maximum Gasteiger partial charge on any atom is 0.490 e. The summed E-state index contributed by atoms with van der Waals surface area (Å²) in [5, 5.41) is 13.3. The molecule has 0 spiro atoms. The van der Waals surface area contributed by atoms with Crippen molar-refractivity contribution in [1.82, 2.24) is 10.6 Å². The fourth-order valence-electron chi connectivity index (χ4n) is 1.95. The van der Waals surface area contributed by atoms with Crippen molar-refractivity contribution in [3.8, 4) is 5.75 Å². The van der Waals surface area contributed by atoms with Gasteiger partial charge in [0.05, 0.1) is 5.02 Å². The number of ether oxygens (including phenoxy) is 1. The molecule has 146 valence electrons. The second-order valence-electron chi connectivity index (χ2n) is 5.26. The van der Waals surface area contributed by atoms with E-state index < -0.39 is 18.0 Å². The molecule has 1 saturated heterocycles. The molecule has 6 nitrogen and oxygen atoms in total. The van der Waals surface area contributed by atoms with Crippen LogP contribution < -0.4 is 15.4 Å². The van der Waals surface area contributed by atoms with Crippen LogP contribution in [0.5, 0.6) is 5.75 Å².